The summed E-state index contributed by atoms with van der Waals surface area (Å²) in [7, 11) is -3.15. The topological polar surface area (TPSA) is 122 Å². The Hall–Kier alpha value is -1.45. The van der Waals surface area contributed by atoms with E-state index in [1.165, 1.54) is 0 Å². The predicted octanol–water partition coefficient (Wildman–Crippen LogP) is -0.968. The Labute approximate surface area is 100 Å². The smallest absolute Gasteiger partial charge is 0.239 e. The van der Waals surface area contributed by atoms with Crippen LogP contribution in [0.3, 0.4) is 0 Å². The fourth-order valence-corrected chi connectivity index (χ4v) is 1.62. The van der Waals surface area contributed by atoms with E-state index in [4.69, 9.17) is 5.84 Å². The van der Waals surface area contributed by atoms with Gasteiger partial charge in [0.1, 0.15) is 5.82 Å². The Balaban J connectivity index is 2.49. The first-order valence-corrected chi connectivity index (χ1v) is 6.80. The van der Waals surface area contributed by atoms with Crippen molar-refractivity contribution in [3.63, 3.8) is 0 Å². The maximum Gasteiger partial charge on any atom is 0.239 e. The van der Waals surface area contributed by atoms with E-state index in [0.717, 1.165) is 11.9 Å². The van der Waals surface area contributed by atoms with Gasteiger partial charge >= 0.3 is 0 Å². The Morgan fingerprint density at radius 2 is 2.06 bits per heavy atom. The fraction of sp³-hybridized carbons (Fsp3) is 0.500. The highest BCUT2D eigenvalue weighted by Crippen LogP contribution is 2.07. The standard InChI is InChI=1S/C8H16N6O2S/c1-6-5-7(13-8(12-6)14-9)10-3-4-11-17(2,15)16/h5,11H,3-4,9H2,1-2H3,(H2,10,12,13,14). The number of anilines is 2. The molecule has 0 aliphatic heterocycles. The molecule has 1 aromatic rings. The molecule has 0 fully saturated rings. The van der Waals surface area contributed by atoms with Crippen LogP contribution < -0.4 is 21.3 Å². The number of nitrogens with two attached hydrogens (primary N) is 1. The van der Waals surface area contributed by atoms with Crippen LogP contribution in [0, 0.1) is 6.92 Å². The van der Waals surface area contributed by atoms with Gasteiger partial charge in [-0.3, -0.25) is 5.43 Å². The quantitative estimate of drug-likeness (QED) is 0.295. The molecule has 0 atom stereocenters. The average molecular weight is 260 g/mol. The van der Waals surface area contributed by atoms with Crippen LogP contribution in [0.4, 0.5) is 11.8 Å². The number of hydrogen-bond acceptors (Lipinski definition) is 7. The van der Waals surface area contributed by atoms with Crippen LogP contribution in [0.5, 0.6) is 0 Å². The van der Waals surface area contributed by atoms with Crippen LogP contribution in [0.25, 0.3) is 0 Å². The summed E-state index contributed by atoms with van der Waals surface area (Å²) in [5.74, 6) is 6.10. The zero-order chi connectivity index (χ0) is 12.9. The van der Waals surface area contributed by atoms with Crippen LogP contribution in [-0.4, -0.2) is 37.7 Å². The molecule has 0 aliphatic rings. The summed E-state index contributed by atoms with van der Waals surface area (Å²) in [6, 6.07) is 1.74. The minimum Gasteiger partial charge on any atom is -0.369 e. The second kappa shape index (κ2) is 5.75. The van der Waals surface area contributed by atoms with E-state index in [9.17, 15) is 8.42 Å². The molecule has 0 saturated carbocycles. The third kappa shape index (κ3) is 5.43. The third-order valence-corrected chi connectivity index (χ3v) is 2.51. The highest BCUT2D eigenvalue weighted by atomic mass is 32.2. The van der Waals surface area contributed by atoms with Crippen molar-refractivity contribution in [2.45, 2.75) is 6.92 Å². The van der Waals surface area contributed by atoms with Gasteiger partial charge in [-0.25, -0.2) is 24.0 Å². The lowest BCUT2D eigenvalue weighted by molar-refractivity contribution is 0.589. The number of rotatable bonds is 6. The van der Waals surface area contributed by atoms with Gasteiger partial charge in [0.25, 0.3) is 0 Å². The summed E-state index contributed by atoms with van der Waals surface area (Å²) < 4.78 is 24.0. The summed E-state index contributed by atoms with van der Waals surface area (Å²) in [5.41, 5.74) is 3.11. The highest BCUT2D eigenvalue weighted by Gasteiger charge is 2.01. The SMILES string of the molecule is Cc1cc(NCCNS(C)(=O)=O)nc(NN)n1. The first kappa shape index (κ1) is 13.6. The van der Waals surface area contributed by atoms with Crippen LogP contribution in [0.15, 0.2) is 6.07 Å². The number of aromatic nitrogens is 2. The molecule has 1 heterocycles. The van der Waals surface area contributed by atoms with Gasteiger partial charge in [0.15, 0.2) is 0 Å². The lowest BCUT2D eigenvalue weighted by Crippen LogP contribution is -2.27. The molecule has 1 aromatic heterocycles. The number of hydrogen-bond donors (Lipinski definition) is 4. The normalized spacial score (nSPS) is 11.2. The number of nitrogens with zero attached hydrogens (tertiary/aromatic N) is 2. The first-order valence-electron chi connectivity index (χ1n) is 4.91. The van der Waals surface area contributed by atoms with Crippen molar-refractivity contribution in [1.29, 1.82) is 0 Å². The zero-order valence-electron chi connectivity index (χ0n) is 9.69. The molecular weight excluding hydrogens is 244 g/mol. The summed E-state index contributed by atoms with van der Waals surface area (Å²) in [6.45, 7) is 2.52. The monoisotopic (exact) mass is 260 g/mol. The van der Waals surface area contributed by atoms with E-state index >= 15 is 0 Å². The van der Waals surface area contributed by atoms with E-state index in [-0.39, 0.29) is 6.54 Å². The molecule has 0 radical (unpaired) electrons. The molecule has 0 aromatic carbocycles. The van der Waals surface area contributed by atoms with Gasteiger partial charge in [-0.1, -0.05) is 0 Å². The van der Waals surface area contributed by atoms with Gasteiger partial charge < -0.3 is 5.32 Å². The van der Waals surface area contributed by atoms with E-state index < -0.39 is 10.0 Å². The highest BCUT2D eigenvalue weighted by molar-refractivity contribution is 7.88. The summed E-state index contributed by atoms with van der Waals surface area (Å²) >= 11 is 0. The fourth-order valence-electron chi connectivity index (χ4n) is 1.15. The number of hydrazine groups is 1. The molecule has 0 amide bonds. The van der Waals surface area contributed by atoms with Gasteiger partial charge in [-0.15, -0.1) is 0 Å². The minimum absolute atomic E-state index is 0.285. The molecule has 0 unspecified atom stereocenters. The molecule has 0 bridgehead atoms. The van der Waals surface area contributed by atoms with Gasteiger partial charge in [0.05, 0.1) is 6.26 Å². The summed E-state index contributed by atoms with van der Waals surface area (Å²) in [4.78, 5) is 8.07. The molecule has 0 spiro atoms. The van der Waals surface area contributed by atoms with E-state index in [1.54, 1.807) is 6.07 Å². The third-order valence-electron chi connectivity index (χ3n) is 1.78. The van der Waals surface area contributed by atoms with Crippen molar-refractivity contribution in [2.75, 3.05) is 30.1 Å². The average Bonchev–Trinajstić information content (AvgIpc) is 2.22. The zero-order valence-corrected chi connectivity index (χ0v) is 10.5. The van der Waals surface area contributed by atoms with Crippen LogP contribution in [0.1, 0.15) is 5.69 Å². The predicted molar refractivity (Wildman–Crippen MR) is 65.9 cm³/mol. The van der Waals surface area contributed by atoms with Crippen LogP contribution in [0.2, 0.25) is 0 Å². The van der Waals surface area contributed by atoms with Crippen LogP contribution >= 0.6 is 0 Å². The molecule has 5 N–H and O–H groups in total. The second-order valence-corrected chi connectivity index (χ2v) is 5.29. The van der Waals surface area contributed by atoms with Crippen molar-refractivity contribution in [3.8, 4) is 0 Å². The van der Waals surface area contributed by atoms with Gasteiger partial charge in [-0.05, 0) is 6.92 Å². The number of nitrogen functional groups attached to an aromatic ring is 1. The summed E-state index contributed by atoms with van der Waals surface area (Å²) in [5, 5.41) is 2.96. The van der Waals surface area contributed by atoms with E-state index in [2.05, 4.69) is 25.4 Å². The second-order valence-electron chi connectivity index (χ2n) is 3.46. The van der Waals surface area contributed by atoms with Crippen molar-refractivity contribution in [3.05, 3.63) is 11.8 Å². The summed E-state index contributed by atoms with van der Waals surface area (Å²) in [6.07, 6.45) is 1.11. The molecule has 17 heavy (non-hydrogen) atoms. The lowest BCUT2D eigenvalue weighted by atomic mass is 10.4. The van der Waals surface area contributed by atoms with Crippen molar-refractivity contribution < 1.29 is 8.42 Å². The van der Waals surface area contributed by atoms with Crippen molar-refractivity contribution in [2.24, 2.45) is 5.84 Å². The first-order chi connectivity index (χ1) is 7.90. The van der Waals surface area contributed by atoms with Gasteiger partial charge in [0, 0.05) is 24.8 Å². The molecule has 8 nitrogen and oxygen atoms in total. The van der Waals surface area contributed by atoms with E-state index in [0.29, 0.717) is 18.3 Å². The molecule has 9 heteroatoms. The number of sulfonamides is 1. The Bertz CT molecular complexity index is 475. The molecule has 96 valence electrons. The maximum absolute atomic E-state index is 10.8. The molecular formula is C8H16N6O2S. The van der Waals surface area contributed by atoms with Crippen LogP contribution in [-0.2, 0) is 10.0 Å². The maximum atomic E-state index is 10.8. The molecule has 0 saturated heterocycles. The van der Waals surface area contributed by atoms with Gasteiger partial charge in [0.2, 0.25) is 16.0 Å². The number of nitrogens with one attached hydrogen (secondary N) is 3. The van der Waals surface area contributed by atoms with Gasteiger partial charge in [-0.2, -0.15) is 4.98 Å². The Morgan fingerprint density at radius 1 is 1.35 bits per heavy atom. The van der Waals surface area contributed by atoms with Crippen molar-refractivity contribution >= 4 is 21.8 Å². The molecule has 1 rings (SSSR count). The van der Waals surface area contributed by atoms with Crippen molar-refractivity contribution in [1.82, 2.24) is 14.7 Å². The van der Waals surface area contributed by atoms with E-state index in [1.807, 2.05) is 6.92 Å². The largest absolute Gasteiger partial charge is 0.369 e. The lowest BCUT2D eigenvalue weighted by Gasteiger charge is -2.08. The minimum atomic E-state index is -3.15. The Kier molecular flexibility index (Phi) is 4.61. The molecule has 0 aliphatic carbocycles. The number of aryl methyl sites for hydroxylation is 1. The Morgan fingerprint density at radius 3 is 2.65 bits per heavy atom.